The third-order valence-electron chi connectivity index (χ3n) is 8.10. The number of piperidine rings is 1. The van der Waals surface area contributed by atoms with E-state index in [2.05, 4.69) is 21.6 Å². The maximum absolute atomic E-state index is 14.7. The molecule has 4 heteroatoms. The van der Waals surface area contributed by atoms with Crippen molar-refractivity contribution in [2.45, 2.75) is 37.5 Å². The predicted octanol–water partition coefficient (Wildman–Crippen LogP) is 4.79. The van der Waals surface area contributed by atoms with E-state index in [1.807, 2.05) is 25.2 Å². The largest absolute Gasteiger partial charge is 0.508 e. The highest BCUT2D eigenvalue weighted by atomic mass is 19.1. The molecule has 0 amide bonds. The smallest absolute Gasteiger partial charge is 0.147 e. The number of aromatic hydroxyl groups is 1. The highest BCUT2D eigenvalue weighted by Crippen LogP contribution is 2.50. The van der Waals surface area contributed by atoms with Crippen molar-refractivity contribution in [1.29, 1.82) is 0 Å². The first-order valence-corrected chi connectivity index (χ1v) is 11.3. The SMILES string of the molecule is Cn1c2c(c3cccc(F)c31)CC1CN(CC3CC3)CCC1(c1cccc(O)c1)C2. The van der Waals surface area contributed by atoms with E-state index in [0.29, 0.717) is 11.7 Å². The van der Waals surface area contributed by atoms with Crippen molar-refractivity contribution in [1.82, 2.24) is 9.47 Å². The Balaban J connectivity index is 1.49. The molecule has 1 N–H and O–H groups in total. The predicted molar refractivity (Wildman–Crippen MR) is 117 cm³/mol. The standard InChI is InChI=1S/C26H29FN2O/c1-28-24-14-26(18-4-2-5-20(30)12-18)10-11-29(15-17-8-9-17)16-19(26)13-22(24)21-6-3-7-23(27)25(21)28/h2-7,12,17,19,30H,8-11,13-16H2,1H3. The van der Waals surface area contributed by atoms with Crippen LogP contribution in [0.4, 0.5) is 4.39 Å². The summed E-state index contributed by atoms with van der Waals surface area (Å²) in [4.78, 5) is 2.67. The van der Waals surface area contributed by atoms with Gasteiger partial charge in [-0.3, -0.25) is 0 Å². The molecule has 3 aromatic rings. The van der Waals surface area contributed by atoms with Gasteiger partial charge in [0.15, 0.2) is 0 Å². The van der Waals surface area contributed by atoms with Crippen LogP contribution in [0.15, 0.2) is 42.5 Å². The normalized spacial score (nSPS) is 26.5. The van der Waals surface area contributed by atoms with Crippen LogP contribution in [0, 0.1) is 17.7 Å². The molecule has 2 aliphatic carbocycles. The molecule has 0 spiro atoms. The lowest BCUT2D eigenvalue weighted by molar-refractivity contribution is 0.0776. The number of aromatic nitrogens is 1. The minimum atomic E-state index is -0.130. The van der Waals surface area contributed by atoms with E-state index in [1.54, 1.807) is 12.1 Å². The lowest BCUT2D eigenvalue weighted by Crippen LogP contribution is -2.54. The molecule has 30 heavy (non-hydrogen) atoms. The molecule has 6 rings (SSSR count). The Morgan fingerprint density at radius 1 is 1.17 bits per heavy atom. The first kappa shape index (κ1) is 18.4. The number of phenolic OH excluding ortho intramolecular Hbond substituents is 1. The lowest BCUT2D eigenvalue weighted by atomic mass is 9.58. The van der Waals surface area contributed by atoms with Gasteiger partial charge in [0.05, 0.1) is 5.52 Å². The molecule has 2 atom stereocenters. The van der Waals surface area contributed by atoms with Crippen LogP contribution < -0.4 is 0 Å². The van der Waals surface area contributed by atoms with E-state index in [1.165, 1.54) is 36.2 Å². The number of fused-ring (bicyclic) bond motifs is 4. The summed E-state index contributed by atoms with van der Waals surface area (Å²) in [7, 11) is 2.02. The molecule has 2 fully saturated rings. The fraction of sp³-hybridized carbons (Fsp3) is 0.462. The molecule has 2 aromatic carbocycles. The number of rotatable bonds is 3. The van der Waals surface area contributed by atoms with Gasteiger partial charge < -0.3 is 14.6 Å². The molecule has 1 aliphatic heterocycles. The van der Waals surface area contributed by atoms with Gasteiger partial charge in [-0.15, -0.1) is 0 Å². The molecule has 1 aromatic heterocycles. The van der Waals surface area contributed by atoms with Crippen LogP contribution >= 0.6 is 0 Å². The van der Waals surface area contributed by atoms with Crippen LogP contribution in [0.1, 0.15) is 36.1 Å². The number of hydrogen-bond donors (Lipinski definition) is 1. The zero-order valence-electron chi connectivity index (χ0n) is 17.6. The van der Waals surface area contributed by atoms with Crippen LogP contribution in [0.3, 0.4) is 0 Å². The number of hydrogen-bond acceptors (Lipinski definition) is 2. The summed E-state index contributed by atoms with van der Waals surface area (Å²) in [5, 5.41) is 11.3. The van der Waals surface area contributed by atoms with E-state index in [0.717, 1.165) is 49.2 Å². The molecule has 1 saturated heterocycles. The summed E-state index contributed by atoms with van der Waals surface area (Å²) in [5.41, 5.74) is 4.59. The van der Waals surface area contributed by atoms with Crippen LogP contribution in [0.25, 0.3) is 10.9 Å². The molecular weight excluding hydrogens is 375 g/mol. The summed E-state index contributed by atoms with van der Waals surface area (Å²) < 4.78 is 16.8. The van der Waals surface area contributed by atoms with Crippen molar-refractivity contribution in [2.75, 3.05) is 19.6 Å². The highest BCUT2D eigenvalue weighted by Gasteiger charge is 2.49. The molecule has 156 valence electrons. The Hall–Kier alpha value is -2.33. The second-order valence-corrected chi connectivity index (χ2v) is 9.86. The summed E-state index contributed by atoms with van der Waals surface area (Å²) in [6.07, 6.45) is 5.75. The van der Waals surface area contributed by atoms with Crippen molar-refractivity contribution in [3.63, 3.8) is 0 Å². The van der Waals surface area contributed by atoms with E-state index in [-0.39, 0.29) is 11.2 Å². The van der Waals surface area contributed by atoms with Crippen LogP contribution in [0.5, 0.6) is 5.75 Å². The second kappa shape index (κ2) is 6.58. The highest BCUT2D eigenvalue weighted by molar-refractivity contribution is 5.86. The number of para-hydroxylation sites is 1. The molecule has 0 radical (unpaired) electrons. The molecule has 1 saturated carbocycles. The van der Waals surface area contributed by atoms with Crippen LogP contribution in [-0.4, -0.2) is 34.2 Å². The van der Waals surface area contributed by atoms with Crippen LogP contribution in [-0.2, 0) is 25.3 Å². The number of halogens is 1. The zero-order valence-corrected chi connectivity index (χ0v) is 17.6. The fourth-order valence-electron chi connectivity index (χ4n) is 6.35. The summed E-state index contributed by atoms with van der Waals surface area (Å²) >= 11 is 0. The Morgan fingerprint density at radius 3 is 2.80 bits per heavy atom. The number of likely N-dealkylation sites (tertiary alicyclic amines) is 1. The molecule has 2 heterocycles. The molecule has 2 unspecified atom stereocenters. The van der Waals surface area contributed by atoms with Gasteiger partial charge in [-0.25, -0.2) is 4.39 Å². The summed E-state index contributed by atoms with van der Waals surface area (Å²) in [5.74, 6) is 1.58. The van der Waals surface area contributed by atoms with E-state index >= 15 is 0 Å². The fourth-order valence-corrected chi connectivity index (χ4v) is 6.35. The van der Waals surface area contributed by atoms with Gasteiger partial charge in [-0.2, -0.15) is 0 Å². The van der Waals surface area contributed by atoms with Gasteiger partial charge >= 0.3 is 0 Å². The lowest BCUT2D eigenvalue weighted by Gasteiger charge is -2.51. The van der Waals surface area contributed by atoms with E-state index in [4.69, 9.17) is 0 Å². The zero-order chi connectivity index (χ0) is 20.5. The van der Waals surface area contributed by atoms with Crippen LogP contribution in [0.2, 0.25) is 0 Å². The minimum Gasteiger partial charge on any atom is -0.508 e. The number of nitrogens with zero attached hydrogens (tertiary/aromatic N) is 2. The number of phenols is 1. The second-order valence-electron chi connectivity index (χ2n) is 9.86. The van der Waals surface area contributed by atoms with Crippen molar-refractivity contribution in [3.8, 4) is 5.75 Å². The first-order valence-electron chi connectivity index (χ1n) is 11.3. The Labute approximate surface area is 177 Å². The quantitative estimate of drug-likeness (QED) is 0.680. The van der Waals surface area contributed by atoms with Crippen molar-refractivity contribution >= 4 is 10.9 Å². The van der Waals surface area contributed by atoms with Gasteiger partial charge in [0, 0.05) is 36.6 Å². The van der Waals surface area contributed by atoms with Crippen molar-refractivity contribution in [2.24, 2.45) is 18.9 Å². The van der Waals surface area contributed by atoms with Crippen molar-refractivity contribution < 1.29 is 9.50 Å². The first-order chi connectivity index (χ1) is 14.5. The average molecular weight is 405 g/mol. The Kier molecular flexibility index (Phi) is 4.05. The molecular formula is C26H29FN2O. The monoisotopic (exact) mass is 404 g/mol. The van der Waals surface area contributed by atoms with Crippen molar-refractivity contribution in [3.05, 3.63) is 65.1 Å². The minimum absolute atomic E-state index is 0.00437. The number of aryl methyl sites for hydroxylation is 1. The maximum Gasteiger partial charge on any atom is 0.147 e. The van der Waals surface area contributed by atoms with Gasteiger partial charge in [0.1, 0.15) is 11.6 Å². The maximum atomic E-state index is 14.7. The van der Waals surface area contributed by atoms with Gasteiger partial charge in [-0.05, 0) is 79.8 Å². The third kappa shape index (κ3) is 2.73. The van der Waals surface area contributed by atoms with Gasteiger partial charge in [-0.1, -0.05) is 24.3 Å². The Morgan fingerprint density at radius 2 is 2.00 bits per heavy atom. The van der Waals surface area contributed by atoms with Gasteiger partial charge in [0.2, 0.25) is 0 Å². The third-order valence-corrected chi connectivity index (χ3v) is 8.10. The Bertz CT molecular complexity index is 1130. The summed E-state index contributed by atoms with van der Waals surface area (Å²) in [6, 6.07) is 13.4. The topological polar surface area (TPSA) is 28.4 Å². The summed E-state index contributed by atoms with van der Waals surface area (Å²) in [6.45, 7) is 3.43. The van der Waals surface area contributed by atoms with E-state index < -0.39 is 0 Å². The molecule has 3 nitrogen and oxygen atoms in total. The average Bonchev–Trinajstić information content (AvgIpc) is 3.51. The molecule has 3 aliphatic rings. The van der Waals surface area contributed by atoms with Gasteiger partial charge in [0.25, 0.3) is 0 Å². The van der Waals surface area contributed by atoms with E-state index in [9.17, 15) is 9.50 Å². The molecule has 0 bridgehead atoms. The number of benzene rings is 2.